The van der Waals surface area contributed by atoms with Gasteiger partial charge in [-0.05, 0) is 37.6 Å². The van der Waals surface area contributed by atoms with Crippen molar-refractivity contribution >= 4 is 10.9 Å². The number of aromatic nitrogens is 4. The monoisotopic (exact) mass is 337 g/mol. The van der Waals surface area contributed by atoms with Gasteiger partial charge in [-0.2, -0.15) is 5.10 Å². The standard InChI is InChI=1S/C19H23N5O/c1-22-18(8-9-21-22)15-5-4-10-23(13-15)11-12-24-14-20-17-7-3-2-6-16(17)19(24)25/h2-3,6-9,14-15H,4-5,10-13H2,1H3/t15-/m0/s1. The fourth-order valence-electron chi connectivity index (χ4n) is 3.80. The van der Waals surface area contributed by atoms with Gasteiger partial charge >= 0.3 is 0 Å². The minimum absolute atomic E-state index is 0.0470. The minimum Gasteiger partial charge on any atom is -0.301 e. The van der Waals surface area contributed by atoms with Crippen molar-refractivity contribution in [3.8, 4) is 0 Å². The van der Waals surface area contributed by atoms with E-state index in [0.29, 0.717) is 17.8 Å². The molecule has 1 aromatic carbocycles. The molecular formula is C19H23N5O. The molecule has 25 heavy (non-hydrogen) atoms. The predicted molar refractivity (Wildman–Crippen MR) is 97.6 cm³/mol. The Morgan fingerprint density at radius 2 is 2.08 bits per heavy atom. The summed E-state index contributed by atoms with van der Waals surface area (Å²) in [6, 6.07) is 9.64. The highest BCUT2D eigenvalue weighted by Gasteiger charge is 2.23. The van der Waals surface area contributed by atoms with Gasteiger partial charge in [0.1, 0.15) is 0 Å². The first-order valence-electron chi connectivity index (χ1n) is 8.87. The van der Waals surface area contributed by atoms with Gasteiger partial charge in [0.25, 0.3) is 5.56 Å². The number of rotatable bonds is 4. The van der Waals surface area contributed by atoms with E-state index in [2.05, 4.69) is 21.0 Å². The summed E-state index contributed by atoms with van der Waals surface area (Å²) < 4.78 is 3.71. The first kappa shape index (κ1) is 16.0. The highest BCUT2D eigenvalue weighted by Crippen LogP contribution is 2.26. The molecule has 1 aliphatic heterocycles. The topological polar surface area (TPSA) is 56.0 Å². The van der Waals surface area contributed by atoms with Crippen LogP contribution < -0.4 is 5.56 Å². The number of piperidine rings is 1. The van der Waals surface area contributed by atoms with Gasteiger partial charge in [0.2, 0.25) is 0 Å². The molecule has 0 bridgehead atoms. The van der Waals surface area contributed by atoms with Crippen LogP contribution in [0.2, 0.25) is 0 Å². The fraction of sp³-hybridized carbons (Fsp3) is 0.421. The molecule has 3 aromatic rings. The lowest BCUT2D eigenvalue weighted by molar-refractivity contribution is 0.196. The van der Waals surface area contributed by atoms with Gasteiger partial charge < -0.3 is 4.90 Å². The quantitative estimate of drug-likeness (QED) is 0.731. The molecule has 0 N–H and O–H groups in total. The first-order chi connectivity index (χ1) is 12.2. The van der Waals surface area contributed by atoms with Gasteiger partial charge in [0, 0.05) is 44.5 Å². The molecule has 6 heteroatoms. The maximum absolute atomic E-state index is 12.6. The molecule has 0 unspecified atom stereocenters. The molecule has 1 aliphatic rings. The highest BCUT2D eigenvalue weighted by molar-refractivity contribution is 5.76. The van der Waals surface area contributed by atoms with E-state index >= 15 is 0 Å². The Bertz CT molecular complexity index is 929. The van der Waals surface area contributed by atoms with Crippen molar-refractivity contribution in [3.05, 3.63) is 58.9 Å². The van der Waals surface area contributed by atoms with Crippen molar-refractivity contribution < 1.29 is 0 Å². The lowest BCUT2D eigenvalue weighted by Crippen LogP contribution is -2.38. The van der Waals surface area contributed by atoms with Gasteiger partial charge in [0.15, 0.2) is 0 Å². The van der Waals surface area contributed by atoms with Crippen molar-refractivity contribution in [1.82, 2.24) is 24.2 Å². The summed E-state index contributed by atoms with van der Waals surface area (Å²) in [6.45, 7) is 3.66. The van der Waals surface area contributed by atoms with Crippen LogP contribution in [0.4, 0.5) is 0 Å². The number of hydrogen-bond donors (Lipinski definition) is 0. The molecule has 0 aliphatic carbocycles. The Morgan fingerprint density at radius 3 is 2.92 bits per heavy atom. The Hall–Kier alpha value is -2.47. The van der Waals surface area contributed by atoms with Gasteiger partial charge in [-0.1, -0.05) is 12.1 Å². The van der Waals surface area contributed by atoms with E-state index in [0.717, 1.165) is 25.2 Å². The van der Waals surface area contributed by atoms with Crippen molar-refractivity contribution in [1.29, 1.82) is 0 Å². The van der Waals surface area contributed by atoms with E-state index in [-0.39, 0.29) is 5.56 Å². The third-order valence-electron chi connectivity index (χ3n) is 5.17. The zero-order valence-corrected chi connectivity index (χ0v) is 14.5. The van der Waals surface area contributed by atoms with Crippen molar-refractivity contribution in [3.63, 3.8) is 0 Å². The minimum atomic E-state index is 0.0470. The molecule has 1 fully saturated rings. The summed E-state index contributed by atoms with van der Waals surface area (Å²) in [4.78, 5) is 19.4. The Morgan fingerprint density at radius 1 is 1.20 bits per heavy atom. The number of benzene rings is 1. The summed E-state index contributed by atoms with van der Waals surface area (Å²) in [5, 5.41) is 4.99. The number of likely N-dealkylation sites (tertiary alicyclic amines) is 1. The second-order valence-corrected chi connectivity index (χ2v) is 6.78. The van der Waals surface area contributed by atoms with Crippen molar-refractivity contribution in [2.24, 2.45) is 7.05 Å². The number of hydrogen-bond acceptors (Lipinski definition) is 4. The smallest absolute Gasteiger partial charge is 0.261 e. The van der Waals surface area contributed by atoms with Crippen LogP contribution in [0, 0.1) is 0 Å². The summed E-state index contributed by atoms with van der Waals surface area (Å²) in [7, 11) is 2.01. The zero-order chi connectivity index (χ0) is 17.2. The van der Waals surface area contributed by atoms with Crippen LogP contribution in [0.1, 0.15) is 24.5 Å². The number of para-hydroxylation sites is 1. The summed E-state index contributed by atoms with van der Waals surface area (Å²) in [6.07, 6.45) is 5.93. The Labute approximate surface area is 146 Å². The van der Waals surface area contributed by atoms with Crippen LogP contribution in [0.15, 0.2) is 47.7 Å². The average Bonchev–Trinajstić information content (AvgIpc) is 3.08. The highest BCUT2D eigenvalue weighted by atomic mass is 16.1. The number of aryl methyl sites for hydroxylation is 1. The fourth-order valence-corrected chi connectivity index (χ4v) is 3.80. The molecule has 1 atom stereocenters. The molecule has 130 valence electrons. The SMILES string of the molecule is Cn1nccc1[C@H]1CCCN(CCn2cnc3ccccc3c2=O)C1. The number of nitrogens with zero attached hydrogens (tertiary/aromatic N) is 5. The van der Waals surface area contributed by atoms with Crippen LogP contribution in [-0.2, 0) is 13.6 Å². The van der Waals surface area contributed by atoms with E-state index in [4.69, 9.17) is 0 Å². The Kier molecular flexibility index (Phi) is 4.36. The third-order valence-corrected chi connectivity index (χ3v) is 5.17. The van der Waals surface area contributed by atoms with E-state index in [1.165, 1.54) is 18.5 Å². The van der Waals surface area contributed by atoms with Crippen LogP contribution in [0.5, 0.6) is 0 Å². The molecule has 0 radical (unpaired) electrons. The largest absolute Gasteiger partial charge is 0.301 e. The normalized spacial score (nSPS) is 18.7. The Balaban J connectivity index is 1.45. The van der Waals surface area contributed by atoms with Crippen molar-refractivity contribution in [2.75, 3.05) is 19.6 Å². The molecule has 1 saturated heterocycles. The lowest BCUT2D eigenvalue weighted by Gasteiger charge is -2.32. The average molecular weight is 337 g/mol. The molecule has 2 aromatic heterocycles. The van der Waals surface area contributed by atoms with Crippen LogP contribution in [-0.4, -0.2) is 43.9 Å². The third kappa shape index (κ3) is 3.22. The van der Waals surface area contributed by atoms with Gasteiger partial charge in [-0.25, -0.2) is 4.98 Å². The second-order valence-electron chi connectivity index (χ2n) is 6.78. The maximum Gasteiger partial charge on any atom is 0.261 e. The number of fused-ring (bicyclic) bond motifs is 1. The van der Waals surface area contributed by atoms with Crippen LogP contribution in [0.25, 0.3) is 10.9 Å². The summed E-state index contributed by atoms with van der Waals surface area (Å²) >= 11 is 0. The predicted octanol–water partition coefficient (Wildman–Crippen LogP) is 2.01. The first-order valence-corrected chi connectivity index (χ1v) is 8.87. The zero-order valence-electron chi connectivity index (χ0n) is 14.5. The van der Waals surface area contributed by atoms with Crippen LogP contribution >= 0.6 is 0 Å². The molecule has 0 spiro atoms. The van der Waals surface area contributed by atoms with Gasteiger partial charge in [-0.15, -0.1) is 0 Å². The van der Waals surface area contributed by atoms with E-state index in [1.54, 1.807) is 10.9 Å². The molecule has 0 amide bonds. The molecule has 6 nitrogen and oxygen atoms in total. The molecule has 4 rings (SSSR count). The molecule has 3 heterocycles. The van der Waals surface area contributed by atoms with Crippen LogP contribution in [0.3, 0.4) is 0 Å². The summed E-state index contributed by atoms with van der Waals surface area (Å²) in [5.41, 5.74) is 2.11. The van der Waals surface area contributed by atoms with Crippen molar-refractivity contribution in [2.45, 2.75) is 25.3 Å². The van der Waals surface area contributed by atoms with E-state index < -0.39 is 0 Å². The lowest BCUT2D eigenvalue weighted by atomic mass is 9.95. The van der Waals surface area contributed by atoms with E-state index in [9.17, 15) is 4.79 Å². The summed E-state index contributed by atoms with van der Waals surface area (Å²) in [5.74, 6) is 0.521. The molecule has 0 saturated carbocycles. The maximum atomic E-state index is 12.6. The van der Waals surface area contributed by atoms with Gasteiger partial charge in [-0.3, -0.25) is 14.0 Å². The van der Waals surface area contributed by atoms with E-state index in [1.807, 2.05) is 42.2 Å². The second kappa shape index (κ2) is 6.80. The van der Waals surface area contributed by atoms with Gasteiger partial charge in [0.05, 0.1) is 17.2 Å². The molecular weight excluding hydrogens is 314 g/mol.